The highest BCUT2D eigenvalue weighted by Crippen LogP contribution is 2.21. The minimum Gasteiger partial charge on any atom is -0.347 e. The second-order valence-electron chi connectivity index (χ2n) is 7.40. The van der Waals surface area contributed by atoms with Gasteiger partial charge in [0.2, 0.25) is 5.91 Å². The van der Waals surface area contributed by atoms with Crippen molar-refractivity contribution in [2.24, 2.45) is 10.9 Å². The summed E-state index contributed by atoms with van der Waals surface area (Å²) in [6.45, 7) is 2.77. The van der Waals surface area contributed by atoms with Crippen molar-refractivity contribution in [2.75, 3.05) is 33.7 Å². The maximum absolute atomic E-state index is 12.6. The predicted molar refractivity (Wildman–Crippen MR) is 117 cm³/mol. The molecule has 0 atom stereocenters. The Morgan fingerprint density at radius 2 is 1.96 bits per heavy atom. The Morgan fingerprint density at radius 3 is 2.61 bits per heavy atom. The second kappa shape index (κ2) is 10.3. The van der Waals surface area contributed by atoms with Crippen LogP contribution in [-0.2, 0) is 17.8 Å². The monoisotopic (exact) mass is 398 g/mol. The first-order chi connectivity index (χ1) is 13.7. The Labute approximate surface area is 172 Å². The van der Waals surface area contributed by atoms with Crippen LogP contribution in [0.15, 0.2) is 52.2 Å². The van der Waals surface area contributed by atoms with Gasteiger partial charge in [-0.25, -0.2) is 0 Å². The van der Waals surface area contributed by atoms with Gasteiger partial charge < -0.3 is 15.1 Å². The summed E-state index contributed by atoms with van der Waals surface area (Å²) in [7, 11) is 3.75. The number of guanidine groups is 1. The van der Waals surface area contributed by atoms with Crippen molar-refractivity contribution < 1.29 is 4.79 Å². The molecule has 1 fully saturated rings. The average molecular weight is 399 g/mol. The van der Waals surface area contributed by atoms with Crippen LogP contribution in [0.2, 0.25) is 0 Å². The van der Waals surface area contributed by atoms with Gasteiger partial charge in [0.1, 0.15) is 0 Å². The number of thiophene rings is 1. The Balaban J connectivity index is 1.41. The quantitative estimate of drug-likeness (QED) is 0.600. The topological polar surface area (TPSA) is 47.9 Å². The molecular formula is C22H30N4OS. The zero-order chi connectivity index (χ0) is 19.8. The highest BCUT2D eigenvalue weighted by molar-refractivity contribution is 7.07. The van der Waals surface area contributed by atoms with E-state index in [4.69, 9.17) is 0 Å². The molecule has 0 spiro atoms. The fourth-order valence-electron chi connectivity index (χ4n) is 3.72. The first-order valence-corrected chi connectivity index (χ1v) is 10.8. The summed E-state index contributed by atoms with van der Waals surface area (Å²) in [5, 5.41) is 7.43. The molecule has 1 aromatic heterocycles. The SMILES string of the molecule is CN=C(NCC(=O)N1CCC(Cc2ccccc2)CC1)N(C)Cc1ccsc1. The van der Waals surface area contributed by atoms with Gasteiger partial charge in [0.15, 0.2) is 5.96 Å². The highest BCUT2D eigenvalue weighted by atomic mass is 32.1. The molecule has 5 nitrogen and oxygen atoms in total. The molecule has 150 valence electrons. The third kappa shape index (κ3) is 5.83. The Morgan fingerprint density at radius 1 is 1.21 bits per heavy atom. The Hall–Kier alpha value is -2.34. The lowest BCUT2D eigenvalue weighted by Gasteiger charge is -2.32. The van der Waals surface area contributed by atoms with E-state index in [-0.39, 0.29) is 5.91 Å². The van der Waals surface area contributed by atoms with E-state index < -0.39 is 0 Å². The number of amides is 1. The lowest BCUT2D eigenvalue weighted by atomic mass is 9.90. The molecule has 0 bridgehead atoms. The van der Waals surface area contributed by atoms with Crippen molar-refractivity contribution >= 4 is 23.2 Å². The van der Waals surface area contributed by atoms with Crippen LogP contribution in [0.25, 0.3) is 0 Å². The number of aliphatic imine (C=N–C) groups is 1. The number of carbonyl (C=O) groups excluding carboxylic acids is 1. The lowest BCUT2D eigenvalue weighted by molar-refractivity contribution is -0.131. The molecule has 3 rings (SSSR count). The molecule has 2 aromatic rings. The van der Waals surface area contributed by atoms with Crippen molar-refractivity contribution in [1.82, 2.24) is 15.1 Å². The zero-order valence-corrected chi connectivity index (χ0v) is 17.6. The van der Waals surface area contributed by atoms with Crippen LogP contribution in [-0.4, -0.2) is 55.4 Å². The summed E-state index contributed by atoms with van der Waals surface area (Å²) in [5.41, 5.74) is 2.65. The van der Waals surface area contributed by atoms with Crippen LogP contribution < -0.4 is 5.32 Å². The number of likely N-dealkylation sites (tertiary alicyclic amines) is 1. The van der Waals surface area contributed by atoms with Crippen LogP contribution in [0, 0.1) is 5.92 Å². The second-order valence-corrected chi connectivity index (χ2v) is 8.18. The van der Waals surface area contributed by atoms with Gasteiger partial charge in [0, 0.05) is 33.7 Å². The highest BCUT2D eigenvalue weighted by Gasteiger charge is 2.23. The summed E-state index contributed by atoms with van der Waals surface area (Å²) < 4.78 is 0. The molecular weight excluding hydrogens is 368 g/mol. The number of nitrogens with one attached hydrogen (secondary N) is 1. The van der Waals surface area contributed by atoms with E-state index in [1.807, 2.05) is 16.8 Å². The molecule has 1 aliphatic rings. The molecule has 1 aliphatic heterocycles. The van der Waals surface area contributed by atoms with E-state index in [2.05, 4.69) is 57.5 Å². The van der Waals surface area contributed by atoms with Gasteiger partial charge in [0.05, 0.1) is 6.54 Å². The summed E-state index contributed by atoms with van der Waals surface area (Å²) in [4.78, 5) is 21.0. The number of hydrogen-bond acceptors (Lipinski definition) is 3. The fraction of sp³-hybridized carbons (Fsp3) is 0.455. The molecule has 28 heavy (non-hydrogen) atoms. The van der Waals surface area contributed by atoms with Crippen molar-refractivity contribution in [1.29, 1.82) is 0 Å². The van der Waals surface area contributed by atoms with Gasteiger partial charge in [-0.3, -0.25) is 9.79 Å². The number of rotatable bonds is 6. The number of hydrogen-bond donors (Lipinski definition) is 1. The molecule has 6 heteroatoms. The maximum atomic E-state index is 12.6. The smallest absolute Gasteiger partial charge is 0.241 e. The van der Waals surface area contributed by atoms with Gasteiger partial charge in [-0.15, -0.1) is 0 Å². The molecule has 2 heterocycles. The van der Waals surface area contributed by atoms with Gasteiger partial charge in [0.25, 0.3) is 0 Å². The summed E-state index contributed by atoms with van der Waals surface area (Å²) in [6.07, 6.45) is 3.27. The van der Waals surface area contributed by atoms with E-state index in [1.54, 1.807) is 18.4 Å². The third-order valence-corrected chi connectivity index (χ3v) is 6.04. The van der Waals surface area contributed by atoms with E-state index in [9.17, 15) is 4.79 Å². The molecule has 0 aliphatic carbocycles. The predicted octanol–water partition coefficient (Wildman–Crippen LogP) is 3.24. The van der Waals surface area contributed by atoms with Crippen LogP contribution in [0.4, 0.5) is 0 Å². The number of benzene rings is 1. The maximum Gasteiger partial charge on any atom is 0.241 e. The number of piperidine rings is 1. The lowest BCUT2D eigenvalue weighted by Crippen LogP contribution is -2.47. The number of nitrogens with zero attached hydrogens (tertiary/aromatic N) is 3. The van der Waals surface area contributed by atoms with Crippen molar-refractivity contribution in [2.45, 2.75) is 25.8 Å². The minimum atomic E-state index is 0.156. The van der Waals surface area contributed by atoms with Crippen LogP contribution >= 0.6 is 11.3 Å². The van der Waals surface area contributed by atoms with E-state index in [1.165, 1.54) is 11.1 Å². The van der Waals surface area contributed by atoms with Crippen molar-refractivity contribution in [3.63, 3.8) is 0 Å². The third-order valence-electron chi connectivity index (χ3n) is 5.31. The van der Waals surface area contributed by atoms with Crippen LogP contribution in [0.1, 0.15) is 24.0 Å². The summed E-state index contributed by atoms with van der Waals surface area (Å²) in [6, 6.07) is 12.8. The largest absolute Gasteiger partial charge is 0.347 e. The molecule has 1 aromatic carbocycles. The molecule has 1 N–H and O–H groups in total. The molecule has 0 unspecified atom stereocenters. The normalized spacial score (nSPS) is 15.5. The van der Waals surface area contributed by atoms with Gasteiger partial charge in [-0.05, 0) is 53.1 Å². The molecule has 0 radical (unpaired) electrons. The summed E-state index contributed by atoms with van der Waals surface area (Å²) >= 11 is 1.69. The zero-order valence-electron chi connectivity index (χ0n) is 16.8. The summed E-state index contributed by atoms with van der Waals surface area (Å²) in [5.74, 6) is 1.57. The average Bonchev–Trinajstić information content (AvgIpc) is 3.22. The minimum absolute atomic E-state index is 0.156. The van der Waals surface area contributed by atoms with Gasteiger partial charge in [-0.1, -0.05) is 30.3 Å². The van der Waals surface area contributed by atoms with Crippen LogP contribution in [0.5, 0.6) is 0 Å². The van der Waals surface area contributed by atoms with Crippen molar-refractivity contribution in [3.8, 4) is 0 Å². The first kappa shape index (κ1) is 20.4. The fourth-order valence-corrected chi connectivity index (χ4v) is 4.38. The van der Waals surface area contributed by atoms with Crippen LogP contribution in [0.3, 0.4) is 0 Å². The van der Waals surface area contributed by atoms with Gasteiger partial charge >= 0.3 is 0 Å². The standard InChI is InChI=1S/C22H30N4OS/c1-23-22(25(2)16-20-10-13-28-17-20)24-15-21(27)26-11-8-19(9-12-26)14-18-6-4-3-5-7-18/h3-7,10,13,17,19H,8-9,11-12,14-16H2,1-2H3,(H,23,24). The Bertz CT molecular complexity index is 752. The molecule has 0 saturated carbocycles. The Kier molecular flexibility index (Phi) is 7.48. The van der Waals surface area contributed by atoms with E-state index in [0.29, 0.717) is 12.5 Å². The van der Waals surface area contributed by atoms with E-state index >= 15 is 0 Å². The van der Waals surface area contributed by atoms with Gasteiger partial charge in [-0.2, -0.15) is 11.3 Å². The van der Waals surface area contributed by atoms with Crippen molar-refractivity contribution in [3.05, 3.63) is 58.3 Å². The number of carbonyl (C=O) groups is 1. The molecule has 1 amide bonds. The van der Waals surface area contributed by atoms with E-state index in [0.717, 1.165) is 44.9 Å². The first-order valence-electron chi connectivity index (χ1n) is 9.90. The molecule has 1 saturated heterocycles.